The lowest BCUT2D eigenvalue weighted by atomic mass is 9.86. The summed E-state index contributed by atoms with van der Waals surface area (Å²) < 4.78 is 5.37. The van der Waals surface area contributed by atoms with Crippen LogP contribution in [0.1, 0.15) is 19.8 Å². The maximum absolute atomic E-state index is 12.3. The summed E-state index contributed by atoms with van der Waals surface area (Å²) in [6.45, 7) is 9.58. The van der Waals surface area contributed by atoms with Gasteiger partial charge in [0.05, 0.1) is 13.2 Å². The van der Waals surface area contributed by atoms with Crippen molar-refractivity contribution in [1.82, 2.24) is 15.1 Å². The van der Waals surface area contributed by atoms with Crippen molar-refractivity contribution in [2.24, 2.45) is 17.8 Å². The molecule has 3 rings (SSSR count). The first kappa shape index (κ1) is 15.8. The smallest absolute Gasteiger partial charge is 0.317 e. The Morgan fingerprint density at radius 2 is 1.86 bits per heavy atom. The minimum atomic E-state index is 0.128. The molecule has 0 saturated carbocycles. The van der Waals surface area contributed by atoms with Gasteiger partial charge >= 0.3 is 6.03 Å². The first-order chi connectivity index (χ1) is 10.7. The minimum Gasteiger partial charge on any atom is -0.379 e. The standard InChI is InChI=1S/C17H29N3O2/c1-14(11-19-6-8-22-9-7-19)10-18-17(21)20-12-15-4-2-3-5-16(15)13-20/h2-3,14-16H,4-13H2,1H3,(H,18,21). The normalized spacial score (nSPS) is 30.1. The molecule has 0 radical (unpaired) electrons. The SMILES string of the molecule is CC(CNC(=O)N1CC2CC=CCC2C1)CN1CCOCC1. The van der Waals surface area contributed by atoms with Gasteiger partial charge in [-0.25, -0.2) is 4.79 Å². The lowest BCUT2D eigenvalue weighted by Crippen LogP contribution is -2.44. The Bertz CT molecular complexity index is 391. The Kier molecular flexibility index (Phi) is 5.37. The Hall–Kier alpha value is -1.07. The van der Waals surface area contributed by atoms with Crippen molar-refractivity contribution in [2.45, 2.75) is 19.8 Å². The molecule has 2 fully saturated rings. The fourth-order valence-electron chi connectivity index (χ4n) is 3.84. The van der Waals surface area contributed by atoms with Gasteiger partial charge in [0, 0.05) is 39.3 Å². The number of carbonyl (C=O) groups is 1. The van der Waals surface area contributed by atoms with E-state index in [9.17, 15) is 4.79 Å². The van der Waals surface area contributed by atoms with E-state index in [1.54, 1.807) is 0 Å². The van der Waals surface area contributed by atoms with Crippen molar-refractivity contribution in [3.8, 4) is 0 Å². The van der Waals surface area contributed by atoms with E-state index in [1.807, 2.05) is 4.90 Å². The summed E-state index contributed by atoms with van der Waals surface area (Å²) in [5.41, 5.74) is 0. The molecule has 22 heavy (non-hydrogen) atoms. The molecule has 0 spiro atoms. The number of morpholine rings is 1. The van der Waals surface area contributed by atoms with Crippen LogP contribution < -0.4 is 5.32 Å². The van der Waals surface area contributed by atoms with Gasteiger partial charge in [-0.15, -0.1) is 0 Å². The van der Waals surface area contributed by atoms with E-state index in [2.05, 4.69) is 29.3 Å². The highest BCUT2D eigenvalue weighted by atomic mass is 16.5. The molecule has 5 nitrogen and oxygen atoms in total. The van der Waals surface area contributed by atoms with Crippen LogP contribution in [0.15, 0.2) is 12.2 Å². The van der Waals surface area contributed by atoms with Crippen molar-refractivity contribution in [2.75, 3.05) is 52.5 Å². The van der Waals surface area contributed by atoms with E-state index in [-0.39, 0.29) is 6.03 Å². The average molecular weight is 307 g/mol. The molecule has 3 unspecified atom stereocenters. The molecule has 3 aliphatic rings. The fraction of sp³-hybridized carbons (Fsp3) is 0.824. The first-order valence-electron chi connectivity index (χ1n) is 8.70. The Labute approximate surface area is 133 Å². The van der Waals surface area contributed by atoms with Gasteiger partial charge in [0.15, 0.2) is 0 Å². The quantitative estimate of drug-likeness (QED) is 0.802. The number of nitrogens with zero attached hydrogens (tertiary/aromatic N) is 2. The number of hydrogen-bond acceptors (Lipinski definition) is 3. The second-order valence-electron chi connectivity index (χ2n) is 7.07. The molecule has 0 aromatic carbocycles. The molecule has 5 heteroatoms. The predicted molar refractivity (Wildman–Crippen MR) is 86.7 cm³/mol. The van der Waals surface area contributed by atoms with Crippen LogP contribution in [0.25, 0.3) is 0 Å². The molecule has 2 amide bonds. The summed E-state index contributed by atoms with van der Waals surface area (Å²) in [4.78, 5) is 16.8. The number of rotatable bonds is 4. The minimum absolute atomic E-state index is 0.128. The summed E-state index contributed by atoms with van der Waals surface area (Å²) in [6.07, 6.45) is 6.82. The van der Waals surface area contributed by atoms with Gasteiger partial charge in [-0.1, -0.05) is 19.1 Å². The predicted octanol–water partition coefficient (Wildman–Crippen LogP) is 1.56. The summed E-state index contributed by atoms with van der Waals surface area (Å²) in [5, 5.41) is 3.13. The molecule has 2 aliphatic heterocycles. The lowest BCUT2D eigenvalue weighted by molar-refractivity contribution is 0.0319. The third-order valence-electron chi connectivity index (χ3n) is 5.18. The first-order valence-corrected chi connectivity index (χ1v) is 8.70. The van der Waals surface area contributed by atoms with E-state index < -0.39 is 0 Å². The third-order valence-corrected chi connectivity index (χ3v) is 5.18. The average Bonchev–Trinajstić information content (AvgIpc) is 2.98. The number of likely N-dealkylation sites (tertiary alicyclic amines) is 1. The number of nitrogens with one attached hydrogen (secondary N) is 1. The second kappa shape index (κ2) is 7.47. The molecule has 124 valence electrons. The van der Waals surface area contributed by atoms with E-state index in [0.717, 1.165) is 65.3 Å². The van der Waals surface area contributed by atoms with Gasteiger partial charge in [-0.2, -0.15) is 0 Å². The summed E-state index contributed by atoms with van der Waals surface area (Å²) in [6, 6.07) is 0.128. The third kappa shape index (κ3) is 4.02. The van der Waals surface area contributed by atoms with E-state index in [4.69, 9.17) is 4.74 Å². The van der Waals surface area contributed by atoms with Crippen LogP contribution in [-0.4, -0.2) is 68.3 Å². The van der Waals surface area contributed by atoms with Crippen molar-refractivity contribution in [1.29, 1.82) is 0 Å². The zero-order valence-corrected chi connectivity index (χ0v) is 13.7. The molecular weight excluding hydrogens is 278 g/mol. The molecule has 3 atom stereocenters. The number of ether oxygens (including phenoxy) is 1. The Morgan fingerprint density at radius 3 is 2.50 bits per heavy atom. The van der Waals surface area contributed by atoms with Gasteiger partial charge < -0.3 is 15.0 Å². The van der Waals surface area contributed by atoms with Gasteiger partial charge in [0.25, 0.3) is 0 Å². The van der Waals surface area contributed by atoms with Crippen molar-refractivity contribution >= 4 is 6.03 Å². The molecule has 0 aromatic rings. The van der Waals surface area contributed by atoms with Crippen LogP contribution in [0.5, 0.6) is 0 Å². The highest BCUT2D eigenvalue weighted by Gasteiger charge is 2.35. The summed E-state index contributed by atoms with van der Waals surface area (Å²) in [7, 11) is 0. The van der Waals surface area contributed by atoms with E-state index >= 15 is 0 Å². The van der Waals surface area contributed by atoms with Crippen molar-refractivity contribution in [3.63, 3.8) is 0 Å². The van der Waals surface area contributed by atoms with Crippen LogP contribution >= 0.6 is 0 Å². The monoisotopic (exact) mass is 307 g/mol. The van der Waals surface area contributed by atoms with Crippen LogP contribution in [0.4, 0.5) is 4.79 Å². The topological polar surface area (TPSA) is 44.8 Å². The van der Waals surface area contributed by atoms with Crippen molar-refractivity contribution < 1.29 is 9.53 Å². The molecule has 0 bridgehead atoms. The highest BCUT2D eigenvalue weighted by Crippen LogP contribution is 2.32. The number of carbonyl (C=O) groups excluding carboxylic acids is 1. The fourth-order valence-corrected chi connectivity index (χ4v) is 3.84. The van der Waals surface area contributed by atoms with Gasteiger partial charge in [0.1, 0.15) is 0 Å². The summed E-state index contributed by atoms with van der Waals surface area (Å²) in [5.74, 6) is 1.84. The zero-order valence-electron chi connectivity index (χ0n) is 13.7. The van der Waals surface area contributed by atoms with Crippen LogP contribution in [0.3, 0.4) is 0 Å². The van der Waals surface area contributed by atoms with Crippen LogP contribution in [0.2, 0.25) is 0 Å². The van der Waals surface area contributed by atoms with Crippen molar-refractivity contribution in [3.05, 3.63) is 12.2 Å². The highest BCUT2D eigenvalue weighted by molar-refractivity contribution is 5.74. The molecule has 2 heterocycles. The maximum Gasteiger partial charge on any atom is 0.317 e. The number of hydrogen-bond donors (Lipinski definition) is 1. The second-order valence-corrected chi connectivity index (χ2v) is 7.07. The molecule has 1 aliphatic carbocycles. The molecule has 1 N–H and O–H groups in total. The summed E-state index contributed by atoms with van der Waals surface area (Å²) >= 11 is 0. The molecule has 0 aromatic heterocycles. The van der Waals surface area contributed by atoms with Gasteiger partial charge in [0.2, 0.25) is 0 Å². The number of allylic oxidation sites excluding steroid dienone is 2. The maximum atomic E-state index is 12.3. The van der Waals surface area contributed by atoms with Crippen LogP contribution in [0, 0.1) is 17.8 Å². The Balaban J connectivity index is 1.37. The number of amides is 2. The van der Waals surface area contributed by atoms with Gasteiger partial charge in [-0.05, 0) is 30.6 Å². The van der Waals surface area contributed by atoms with E-state index in [1.165, 1.54) is 0 Å². The lowest BCUT2D eigenvalue weighted by Gasteiger charge is -2.29. The van der Waals surface area contributed by atoms with Crippen LogP contribution in [-0.2, 0) is 4.74 Å². The number of urea groups is 1. The van der Waals surface area contributed by atoms with E-state index in [0.29, 0.717) is 17.8 Å². The molecular formula is C17H29N3O2. The number of fused-ring (bicyclic) bond motifs is 1. The van der Waals surface area contributed by atoms with Gasteiger partial charge in [-0.3, -0.25) is 4.90 Å². The Morgan fingerprint density at radius 1 is 1.23 bits per heavy atom. The molecule has 2 saturated heterocycles. The largest absolute Gasteiger partial charge is 0.379 e. The zero-order chi connectivity index (χ0) is 15.4.